The van der Waals surface area contributed by atoms with Gasteiger partial charge in [0, 0.05) is 0 Å². The molecule has 2 aromatic rings. The number of hydrogen-bond acceptors (Lipinski definition) is 4. The quantitative estimate of drug-likeness (QED) is 0.851. The largest absolute Gasteiger partial charge is 0.463 e. The molecule has 0 amide bonds. The molecule has 0 bridgehead atoms. The highest BCUT2D eigenvalue weighted by Crippen LogP contribution is 2.35. The van der Waals surface area contributed by atoms with E-state index in [1.165, 1.54) is 13.2 Å². The van der Waals surface area contributed by atoms with E-state index in [4.69, 9.17) is 4.42 Å². The van der Waals surface area contributed by atoms with E-state index in [1.807, 2.05) is 37.3 Å². The molecule has 0 fully saturated rings. The zero-order valence-corrected chi connectivity index (χ0v) is 11.6. The van der Waals surface area contributed by atoms with Gasteiger partial charge in [-0.1, -0.05) is 43.7 Å². The van der Waals surface area contributed by atoms with Gasteiger partial charge in [0.1, 0.15) is 11.4 Å². The number of carbonyl (C=O) groups excluding carboxylic acids is 1. The molecule has 1 N–H and O–H groups in total. The second-order valence-corrected chi connectivity index (χ2v) is 4.63. The van der Waals surface area contributed by atoms with Gasteiger partial charge in [-0.3, -0.25) is 0 Å². The second-order valence-electron chi connectivity index (χ2n) is 4.63. The Bertz CT molecular complexity index is 573. The third kappa shape index (κ3) is 2.60. The minimum atomic E-state index is -1.23. The lowest BCUT2D eigenvalue weighted by atomic mass is 9.87. The minimum Gasteiger partial charge on any atom is -0.463 e. The maximum absolute atomic E-state index is 11.5. The predicted octanol–water partition coefficient (Wildman–Crippen LogP) is 3.10. The summed E-state index contributed by atoms with van der Waals surface area (Å²) in [5.41, 5.74) is -0.491. The van der Waals surface area contributed by atoms with Crippen LogP contribution < -0.4 is 0 Å². The van der Waals surface area contributed by atoms with Gasteiger partial charge in [0.25, 0.3) is 0 Å². The van der Waals surface area contributed by atoms with Gasteiger partial charge >= 0.3 is 5.97 Å². The molecule has 0 aliphatic rings. The SMILES string of the molecule is CCCC(O)(c1ccccc1)c1ccc(C(=O)OC)o1. The van der Waals surface area contributed by atoms with E-state index in [0.29, 0.717) is 12.2 Å². The van der Waals surface area contributed by atoms with Crippen LogP contribution in [0, 0.1) is 0 Å². The van der Waals surface area contributed by atoms with Crippen LogP contribution in [0.4, 0.5) is 0 Å². The Morgan fingerprint density at radius 1 is 1.25 bits per heavy atom. The number of furan rings is 1. The Balaban J connectivity index is 2.43. The number of ether oxygens (including phenoxy) is 1. The molecule has 2 rings (SSSR count). The summed E-state index contributed by atoms with van der Waals surface area (Å²) in [5.74, 6) is -0.109. The van der Waals surface area contributed by atoms with E-state index >= 15 is 0 Å². The fourth-order valence-electron chi connectivity index (χ4n) is 2.26. The molecule has 0 saturated heterocycles. The number of carbonyl (C=O) groups is 1. The number of benzene rings is 1. The van der Waals surface area contributed by atoms with E-state index in [0.717, 1.165) is 12.0 Å². The first kappa shape index (κ1) is 14.3. The van der Waals surface area contributed by atoms with Crippen molar-refractivity contribution in [3.05, 3.63) is 59.5 Å². The van der Waals surface area contributed by atoms with Crippen LogP contribution in [0.25, 0.3) is 0 Å². The first-order valence-electron chi connectivity index (χ1n) is 6.58. The van der Waals surface area contributed by atoms with Gasteiger partial charge in [0.2, 0.25) is 5.76 Å². The van der Waals surface area contributed by atoms with E-state index in [1.54, 1.807) is 6.07 Å². The molecule has 20 heavy (non-hydrogen) atoms. The molecular formula is C16H18O4. The Morgan fingerprint density at radius 2 is 1.95 bits per heavy atom. The normalized spacial score (nSPS) is 13.8. The van der Waals surface area contributed by atoms with Crippen LogP contribution in [0.5, 0.6) is 0 Å². The molecule has 1 heterocycles. The summed E-state index contributed by atoms with van der Waals surface area (Å²) in [6.07, 6.45) is 1.28. The average Bonchev–Trinajstić information content (AvgIpc) is 2.98. The summed E-state index contributed by atoms with van der Waals surface area (Å²) >= 11 is 0. The fraction of sp³-hybridized carbons (Fsp3) is 0.312. The Labute approximate surface area is 118 Å². The maximum atomic E-state index is 11.5. The van der Waals surface area contributed by atoms with Crippen LogP contribution >= 0.6 is 0 Å². The minimum absolute atomic E-state index is 0.0907. The summed E-state index contributed by atoms with van der Waals surface area (Å²) in [7, 11) is 1.29. The van der Waals surface area contributed by atoms with Gasteiger partial charge in [-0.25, -0.2) is 4.79 Å². The predicted molar refractivity (Wildman–Crippen MR) is 74.4 cm³/mol. The zero-order chi connectivity index (χ0) is 14.6. The second kappa shape index (κ2) is 5.92. The fourth-order valence-corrected chi connectivity index (χ4v) is 2.26. The molecule has 0 radical (unpaired) electrons. The van der Waals surface area contributed by atoms with Crippen LogP contribution in [-0.2, 0) is 10.3 Å². The van der Waals surface area contributed by atoms with Crippen molar-refractivity contribution >= 4 is 5.97 Å². The third-order valence-electron chi connectivity index (χ3n) is 3.26. The highest BCUT2D eigenvalue weighted by molar-refractivity contribution is 5.86. The molecule has 0 saturated carbocycles. The maximum Gasteiger partial charge on any atom is 0.373 e. The van der Waals surface area contributed by atoms with Crippen molar-refractivity contribution in [1.29, 1.82) is 0 Å². The molecule has 4 nitrogen and oxygen atoms in total. The van der Waals surface area contributed by atoms with Gasteiger partial charge < -0.3 is 14.3 Å². The monoisotopic (exact) mass is 274 g/mol. The van der Waals surface area contributed by atoms with Crippen molar-refractivity contribution in [3.63, 3.8) is 0 Å². The van der Waals surface area contributed by atoms with Gasteiger partial charge in [-0.15, -0.1) is 0 Å². The van der Waals surface area contributed by atoms with E-state index in [9.17, 15) is 9.90 Å². The van der Waals surface area contributed by atoms with Crippen LogP contribution in [-0.4, -0.2) is 18.2 Å². The molecular weight excluding hydrogens is 256 g/mol. The van der Waals surface area contributed by atoms with E-state index in [2.05, 4.69) is 4.74 Å². The van der Waals surface area contributed by atoms with Gasteiger partial charge in [0.15, 0.2) is 0 Å². The molecule has 0 aliphatic carbocycles. The van der Waals surface area contributed by atoms with Crippen LogP contribution in [0.3, 0.4) is 0 Å². The number of aliphatic hydroxyl groups is 1. The summed E-state index contributed by atoms with van der Waals surface area (Å²) in [6.45, 7) is 1.98. The highest BCUT2D eigenvalue weighted by atomic mass is 16.5. The third-order valence-corrected chi connectivity index (χ3v) is 3.26. The van der Waals surface area contributed by atoms with Crippen molar-refractivity contribution in [1.82, 2.24) is 0 Å². The van der Waals surface area contributed by atoms with Gasteiger partial charge in [-0.05, 0) is 24.1 Å². The van der Waals surface area contributed by atoms with Crippen molar-refractivity contribution < 1.29 is 19.1 Å². The molecule has 4 heteroatoms. The van der Waals surface area contributed by atoms with Crippen molar-refractivity contribution in [2.75, 3.05) is 7.11 Å². The first-order valence-corrected chi connectivity index (χ1v) is 6.58. The number of hydrogen-bond donors (Lipinski definition) is 1. The Morgan fingerprint density at radius 3 is 2.55 bits per heavy atom. The first-order chi connectivity index (χ1) is 9.61. The molecule has 0 spiro atoms. The van der Waals surface area contributed by atoms with Crippen LogP contribution in [0.2, 0.25) is 0 Å². The smallest absolute Gasteiger partial charge is 0.373 e. The summed E-state index contributed by atoms with van der Waals surface area (Å²) < 4.78 is 10.1. The lowest BCUT2D eigenvalue weighted by Gasteiger charge is -2.26. The molecule has 106 valence electrons. The average molecular weight is 274 g/mol. The molecule has 1 aromatic carbocycles. The summed E-state index contributed by atoms with van der Waals surface area (Å²) in [4.78, 5) is 11.5. The lowest BCUT2D eigenvalue weighted by Crippen LogP contribution is -2.26. The Hall–Kier alpha value is -2.07. The molecule has 1 unspecified atom stereocenters. The summed E-state index contributed by atoms with van der Waals surface area (Å²) in [5, 5.41) is 11.0. The van der Waals surface area contributed by atoms with E-state index in [-0.39, 0.29) is 5.76 Å². The molecule has 0 aliphatic heterocycles. The van der Waals surface area contributed by atoms with Crippen molar-refractivity contribution in [2.45, 2.75) is 25.4 Å². The highest BCUT2D eigenvalue weighted by Gasteiger charge is 2.34. The van der Waals surface area contributed by atoms with Crippen molar-refractivity contribution in [3.8, 4) is 0 Å². The molecule has 1 aromatic heterocycles. The van der Waals surface area contributed by atoms with Gasteiger partial charge in [-0.2, -0.15) is 0 Å². The van der Waals surface area contributed by atoms with Crippen molar-refractivity contribution in [2.24, 2.45) is 0 Å². The number of rotatable bonds is 5. The van der Waals surface area contributed by atoms with Gasteiger partial charge in [0.05, 0.1) is 7.11 Å². The number of esters is 1. The number of methoxy groups -OCH3 is 1. The van der Waals surface area contributed by atoms with Crippen LogP contribution in [0.1, 0.15) is 41.6 Å². The van der Waals surface area contributed by atoms with Crippen LogP contribution in [0.15, 0.2) is 46.9 Å². The lowest BCUT2D eigenvalue weighted by molar-refractivity contribution is 0.0406. The Kier molecular flexibility index (Phi) is 4.25. The van der Waals surface area contributed by atoms with E-state index < -0.39 is 11.6 Å². The topological polar surface area (TPSA) is 59.7 Å². The molecule has 1 atom stereocenters. The summed E-state index contributed by atoms with van der Waals surface area (Å²) in [6, 6.07) is 12.4. The zero-order valence-electron chi connectivity index (χ0n) is 11.6. The standard InChI is InChI=1S/C16H18O4/c1-3-11-16(18,12-7-5-4-6-8-12)14-10-9-13(20-14)15(17)19-2/h4-10,18H,3,11H2,1-2H3.